The zero-order valence-electron chi connectivity index (χ0n) is 11.8. The van der Waals surface area contributed by atoms with E-state index in [1.807, 2.05) is 36.1 Å². The molecular weight excluding hydrogens is 288 g/mol. The van der Waals surface area contributed by atoms with E-state index in [1.54, 1.807) is 6.20 Å². The molecule has 1 aliphatic heterocycles. The smallest absolute Gasteiger partial charge is 0.257 e. The van der Waals surface area contributed by atoms with Crippen LogP contribution in [0.15, 0.2) is 30.5 Å². The summed E-state index contributed by atoms with van der Waals surface area (Å²) in [5, 5.41) is 10.8. The van der Waals surface area contributed by atoms with Gasteiger partial charge < -0.3 is 10.2 Å². The number of H-pyrrole nitrogens is 1. The number of halogens is 1. The molecule has 0 spiro atoms. The minimum absolute atomic E-state index is 0.00715. The number of aryl methyl sites for hydroxylation is 1. The normalized spacial score (nSPS) is 18.8. The highest BCUT2D eigenvalue weighted by Gasteiger charge is 2.29. The van der Waals surface area contributed by atoms with Gasteiger partial charge >= 0.3 is 0 Å². The molecule has 1 aliphatic rings. The summed E-state index contributed by atoms with van der Waals surface area (Å²) < 4.78 is 0. The maximum Gasteiger partial charge on any atom is 0.257 e. The van der Waals surface area contributed by atoms with Crippen LogP contribution in [0.5, 0.6) is 0 Å². The topological polar surface area (TPSA) is 61.0 Å². The average molecular weight is 305 g/mol. The molecule has 5 nitrogen and oxygen atoms in total. The molecule has 1 aromatic heterocycles. The Labute approximate surface area is 128 Å². The molecule has 2 N–H and O–H groups in total. The minimum Gasteiger partial charge on any atom is -0.329 e. The molecule has 1 unspecified atom stereocenters. The Morgan fingerprint density at radius 2 is 2.33 bits per heavy atom. The fraction of sp³-hybridized carbons (Fsp3) is 0.333. The van der Waals surface area contributed by atoms with Crippen LogP contribution in [0.3, 0.4) is 0 Å². The lowest BCUT2D eigenvalue weighted by molar-refractivity contribution is 0.0633. The zero-order chi connectivity index (χ0) is 14.8. The lowest BCUT2D eigenvalue weighted by Gasteiger charge is -2.36. The van der Waals surface area contributed by atoms with Crippen LogP contribution in [-0.2, 0) is 0 Å². The first-order valence-corrected chi connectivity index (χ1v) is 7.31. The monoisotopic (exact) mass is 304 g/mol. The van der Waals surface area contributed by atoms with E-state index < -0.39 is 0 Å². The first-order valence-electron chi connectivity index (χ1n) is 6.94. The van der Waals surface area contributed by atoms with E-state index in [2.05, 4.69) is 15.5 Å². The highest BCUT2D eigenvalue weighted by molar-refractivity contribution is 6.30. The lowest BCUT2D eigenvalue weighted by Crippen LogP contribution is -2.48. The fourth-order valence-corrected chi connectivity index (χ4v) is 2.88. The zero-order valence-corrected chi connectivity index (χ0v) is 12.5. The third-order valence-electron chi connectivity index (χ3n) is 3.80. The van der Waals surface area contributed by atoms with Crippen LogP contribution in [0, 0.1) is 6.92 Å². The first kappa shape index (κ1) is 14.1. The van der Waals surface area contributed by atoms with Gasteiger partial charge in [0.1, 0.15) is 0 Å². The number of amides is 1. The lowest BCUT2D eigenvalue weighted by atomic mass is 10.0. The van der Waals surface area contributed by atoms with Crippen molar-refractivity contribution in [2.75, 3.05) is 19.6 Å². The van der Waals surface area contributed by atoms with Crippen LogP contribution in [0.2, 0.25) is 5.02 Å². The molecule has 6 heteroatoms. The van der Waals surface area contributed by atoms with Crippen molar-refractivity contribution in [3.63, 3.8) is 0 Å². The molecule has 2 aromatic rings. The van der Waals surface area contributed by atoms with Crippen molar-refractivity contribution in [1.82, 2.24) is 20.4 Å². The van der Waals surface area contributed by atoms with Gasteiger partial charge in [0.15, 0.2) is 0 Å². The molecule has 2 heterocycles. The molecule has 1 fully saturated rings. The van der Waals surface area contributed by atoms with Gasteiger partial charge in [0, 0.05) is 30.4 Å². The van der Waals surface area contributed by atoms with Crippen molar-refractivity contribution in [2.24, 2.45) is 0 Å². The van der Waals surface area contributed by atoms with Crippen molar-refractivity contribution >= 4 is 17.5 Å². The molecule has 21 heavy (non-hydrogen) atoms. The van der Waals surface area contributed by atoms with Crippen molar-refractivity contribution in [2.45, 2.75) is 13.0 Å². The van der Waals surface area contributed by atoms with E-state index >= 15 is 0 Å². The number of rotatable bonds is 2. The van der Waals surface area contributed by atoms with Crippen LogP contribution < -0.4 is 5.32 Å². The van der Waals surface area contributed by atoms with Crippen LogP contribution in [0.25, 0.3) is 0 Å². The van der Waals surface area contributed by atoms with E-state index in [9.17, 15) is 4.79 Å². The average Bonchev–Trinajstić information content (AvgIpc) is 2.93. The highest BCUT2D eigenvalue weighted by atomic mass is 35.5. The van der Waals surface area contributed by atoms with Gasteiger partial charge in [-0.3, -0.25) is 9.89 Å². The largest absolute Gasteiger partial charge is 0.329 e. The molecule has 1 amide bonds. The first-order chi connectivity index (χ1) is 10.2. The number of nitrogens with one attached hydrogen (secondary N) is 2. The number of piperazine rings is 1. The molecule has 0 bridgehead atoms. The second kappa shape index (κ2) is 5.87. The Morgan fingerprint density at radius 3 is 3.05 bits per heavy atom. The van der Waals surface area contributed by atoms with Gasteiger partial charge in [0.2, 0.25) is 0 Å². The maximum atomic E-state index is 12.8. The van der Waals surface area contributed by atoms with Gasteiger partial charge in [-0.15, -0.1) is 0 Å². The van der Waals surface area contributed by atoms with E-state index in [-0.39, 0.29) is 11.9 Å². The number of carbonyl (C=O) groups excluding carboxylic acids is 1. The predicted molar refractivity (Wildman–Crippen MR) is 81.4 cm³/mol. The number of hydrogen-bond donors (Lipinski definition) is 2. The maximum absolute atomic E-state index is 12.8. The Balaban J connectivity index is 1.92. The number of carbonyl (C=O) groups is 1. The standard InChI is InChI=1S/C15H17ClN4O/c1-10-13(8-18-19-10)15(21)20-6-5-17-9-14(20)11-3-2-4-12(16)7-11/h2-4,7-8,14,17H,5-6,9H2,1H3,(H,18,19). The molecule has 1 atom stereocenters. The van der Waals surface area contributed by atoms with Crippen LogP contribution in [0.1, 0.15) is 27.7 Å². The summed E-state index contributed by atoms with van der Waals surface area (Å²) >= 11 is 6.08. The number of hydrogen-bond acceptors (Lipinski definition) is 3. The van der Waals surface area contributed by atoms with E-state index in [4.69, 9.17) is 11.6 Å². The quantitative estimate of drug-likeness (QED) is 0.894. The van der Waals surface area contributed by atoms with Crippen LogP contribution in [0.4, 0.5) is 0 Å². The number of nitrogens with zero attached hydrogens (tertiary/aromatic N) is 2. The van der Waals surface area contributed by atoms with Gasteiger partial charge in [-0.2, -0.15) is 5.10 Å². The SMILES string of the molecule is Cc1[nH]ncc1C(=O)N1CCNCC1c1cccc(Cl)c1. The second-order valence-corrected chi connectivity index (χ2v) is 5.62. The minimum atomic E-state index is -0.0146. The fourth-order valence-electron chi connectivity index (χ4n) is 2.68. The number of benzene rings is 1. The molecule has 3 rings (SSSR count). The Kier molecular flexibility index (Phi) is 3.94. The molecule has 0 aliphatic carbocycles. The van der Waals surface area contributed by atoms with E-state index in [1.165, 1.54) is 0 Å². The molecule has 110 valence electrons. The van der Waals surface area contributed by atoms with Gasteiger partial charge in [0.05, 0.1) is 17.8 Å². The van der Waals surface area contributed by atoms with E-state index in [0.717, 1.165) is 24.3 Å². The van der Waals surface area contributed by atoms with Crippen molar-refractivity contribution in [3.05, 3.63) is 52.3 Å². The number of aromatic nitrogens is 2. The van der Waals surface area contributed by atoms with Crippen LogP contribution >= 0.6 is 11.6 Å². The van der Waals surface area contributed by atoms with Gasteiger partial charge in [-0.25, -0.2) is 0 Å². The summed E-state index contributed by atoms with van der Waals surface area (Å²) in [5.41, 5.74) is 2.47. The van der Waals surface area contributed by atoms with Crippen molar-refractivity contribution in [3.8, 4) is 0 Å². The van der Waals surface area contributed by atoms with Crippen molar-refractivity contribution < 1.29 is 4.79 Å². The Morgan fingerprint density at radius 1 is 1.48 bits per heavy atom. The summed E-state index contributed by atoms with van der Waals surface area (Å²) in [7, 11) is 0. The summed E-state index contributed by atoms with van der Waals surface area (Å²) in [5.74, 6) is 0.00715. The van der Waals surface area contributed by atoms with E-state index in [0.29, 0.717) is 17.1 Å². The summed E-state index contributed by atoms with van der Waals surface area (Å²) in [6, 6.07) is 7.67. The van der Waals surface area contributed by atoms with Gasteiger partial charge in [-0.05, 0) is 24.6 Å². The second-order valence-electron chi connectivity index (χ2n) is 5.18. The Bertz CT molecular complexity index is 655. The summed E-state index contributed by atoms with van der Waals surface area (Å²) in [4.78, 5) is 14.6. The number of aromatic amines is 1. The van der Waals surface area contributed by atoms with Crippen LogP contribution in [-0.4, -0.2) is 40.6 Å². The third-order valence-corrected chi connectivity index (χ3v) is 4.03. The predicted octanol–water partition coefficient (Wildman–Crippen LogP) is 2.16. The molecule has 1 aromatic carbocycles. The molecule has 1 saturated heterocycles. The third kappa shape index (κ3) is 2.80. The molecule has 0 saturated carbocycles. The van der Waals surface area contributed by atoms with Gasteiger partial charge in [-0.1, -0.05) is 23.7 Å². The highest BCUT2D eigenvalue weighted by Crippen LogP contribution is 2.26. The molecule has 0 radical (unpaired) electrons. The Hall–Kier alpha value is -1.85. The summed E-state index contributed by atoms with van der Waals surface area (Å²) in [6.07, 6.45) is 1.59. The van der Waals surface area contributed by atoms with Gasteiger partial charge in [0.25, 0.3) is 5.91 Å². The molecular formula is C15H17ClN4O. The summed E-state index contributed by atoms with van der Waals surface area (Å²) in [6.45, 7) is 4.04. The van der Waals surface area contributed by atoms with Crippen molar-refractivity contribution in [1.29, 1.82) is 0 Å².